The van der Waals surface area contributed by atoms with Crippen molar-refractivity contribution < 1.29 is 9.90 Å². The summed E-state index contributed by atoms with van der Waals surface area (Å²) >= 11 is 5.79. The van der Waals surface area contributed by atoms with Gasteiger partial charge in [0.2, 0.25) is 5.91 Å². The van der Waals surface area contributed by atoms with Crippen LogP contribution < -0.4 is 11.1 Å². The fourth-order valence-corrected chi connectivity index (χ4v) is 2.07. The Balaban J connectivity index is 2.07. The maximum Gasteiger partial charge on any atom is 0.228 e. The number of hydrogen-bond acceptors (Lipinski definition) is 3. The molecule has 0 aliphatic rings. The molecule has 0 saturated carbocycles. The summed E-state index contributed by atoms with van der Waals surface area (Å²) < 4.78 is 0. The zero-order valence-corrected chi connectivity index (χ0v) is 11.5. The highest BCUT2D eigenvalue weighted by atomic mass is 35.5. The van der Waals surface area contributed by atoms with Gasteiger partial charge in [-0.3, -0.25) is 4.79 Å². The first-order chi connectivity index (χ1) is 9.60. The normalized spacial score (nSPS) is 10.3. The molecule has 0 fully saturated rings. The maximum absolute atomic E-state index is 12.0. The van der Waals surface area contributed by atoms with E-state index in [1.54, 1.807) is 6.07 Å². The van der Waals surface area contributed by atoms with Crippen molar-refractivity contribution >= 4 is 23.2 Å². The molecule has 0 saturated heterocycles. The number of carbonyl (C=O) groups excluding carboxylic acids is 1. The lowest BCUT2D eigenvalue weighted by Gasteiger charge is -2.09. The summed E-state index contributed by atoms with van der Waals surface area (Å²) in [4.78, 5) is 12.0. The number of hydrogen-bond donors (Lipinski definition) is 3. The van der Waals surface area contributed by atoms with E-state index >= 15 is 0 Å². The number of nitrogens with one attached hydrogen (secondary N) is 1. The van der Waals surface area contributed by atoms with E-state index in [4.69, 9.17) is 17.3 Å². The Labute approximate surface area is 122 Å². The molecule has 4 N–H and O–H groups in total. The van der Waals surface area contributed by atoms with Crippen molar-refractivity contribution in [3.8, 4) is 5.75 Å². The van der Waals surface area contributed by atoms with Crippen LogP contribution in [-0.4, -0.2) is 11.0 Å². The number of phenols is 1. The number of anilines is 1. The lowest BCUT2D eigenvalue weighted by Crippen LogP contribution is -2.16. The van der Waals surface area contributed by atoms with Crippen molar-refractivity contribution in [2.24, 2.45) is 5.73 Å². The van der Waals surface area contributed by atoms with Crippen LogP contribution in [0.2, 0.25) is 5.02 Å². The van der Waals surface area contributed by atoms with Gasteiger partial charge in [-0.05, 0) is 29.3 Å². The topological polar surface area (TPSA) is 75.4 Å². The molecule has 1 amide bonds. The van der Waals surface area contributed by atoms with Gasteiger partial charge in [0.05, 0.1) is 11.4 Å². The van der Waals surface area contributed by atoms with Gasteiger partial charge < -0.3 is 16.2 Å². The van der Waals surface area contributed by atoms with Crippen LogP contribution >= 0.6 is 11.6 Å². The van der Waals surface area contributed by atoms with Crippen molar-refractivity contribution in [2.45, 2.75) is 13.0 Å². The lowest BCUT2D eigenvalue weighted by molar-refractivity contribution is -0.115. The Morgan fingerprint density at radius 3 is 2.55 bits per heavy atom. The van der Waals surface area contributed by atoms with Crippen LogP contribution in [0.3, 0.4) is 0 Å². The first-order valence-electron chi connectivity index (χ1n) is 6.15. The summed E-state index contributed by atoms with van der Waals surface area (Å²) in [5.41, 5.74) is 8.03. The van der Waals surface area contributed by atoms with E-state index in [-0.39, 0.29) is 23.1 Å². The van der Waals surface area contributed by atoms with Crippen LogP contribution in [0.25, 0.3) is 0 Å². The molecule has 0 heterocycles. The summed E-state index contributed by atoms with van der Waals surface area (Å²) in [6.45, 7) is 0.397. The average molecular weight is 291 g/mol. The van der Waals surface area contributed by atoms with E-state index in [0.717, 1.165) is 11.1 Å². The first kappa shape index (κ1) is 14.4. The Kier molecular flexibility index (Phi) is 4.61. The van der Waals surface area contributed by atoms with Gasteiger partial charge in [0.1, 0.15) is 5.75 Å². The first-order valence-corrected chi connectivity index (χ1v) is 6.53. The third-order valence-electron chi connectivity index (χ3n) is 2.92. The molecular formula is C15H15ClN2O2. The number of halogens is 1. The van der Waals surface area contributed by atoms with Crippen LogP contribution in [0.5, 0.6) is 5.75 Å². The maximum atomic E-state index is 12.0. The quantitative estimate of drug-likeness (QED) is 0.758. The minimum atomic E-state index is -0.160. The lowest BCUT2D eigenvalue weighted by atomic mass is 10.0. The Morgan fingerprint density at radius 2 is 1.90 bits per heavy atom. The minimum absolute atomic E-state index is 0.0156. The molecule has 0 spiro atoms. The largest absolute Gasteiger partial charge is 0.506 e. The van der Waals surface area contributed by atoms with E-state index in [9.17, 15) is 9.90 Å². The number of rotatable bonds is 4. The standard InChI is InChI=1S/C15H15ClN2O2/c16-13-8-12(5-6-14(13)19)18-15(20)7-10-3-1-2-4-11(10)9-17/h1-6,8,19H,7,9,17H2,(H,18,20). The Morgan fingerprint density at radius 1 is 1.20 bits per heavy atom. The summed E-state index contributed by atoms with van der Waals surface area (Å²) in [6.07, 6.45) is 0.242. The van der Waals surface area contributed by atoms with Crippen molar-refractivity contribution in [1.82, 2.24) is 0 Å². The highest BCUT2D eigenvalue weighted by Gasteiger charge is 2.08. The summed E-state index contributed by atoms with van der Waals surface area (Å²) in [5, 5.41) is 12.3. The molecule has 0 aromatic heterocycles. The van der Waals surface area contributed by atoms with Gasteiger partial charge in [-0.2, -0.15) is 0 Å². The molecule has 0 aliphatic heterocycles. The number of benzene rings is 2. The molecule has 4 nitrogen and oxygen atoms in total. The van der Waals surface area contributed by atoms with Gasteiger partial charge in [0.15, 0.2) is 0 Å². The Hall–Kier alpha value is -2.04. The van der Waals surface area contributed by atoms with Gasteiger partial charge in [0, 0.05) is 12.2 Å². The van der Waals surface area contributed by atoms with E-state index < -0.39 is 0 Å². The van der Waals surface area contributed by atoms with Crippen molar-refractivity contribution in [2.75, 3.05) is 5.32 Å². The van der Waals surface area contributed by atoms with E-state index in [2.05, 4.69) is 5.32 Å². The van der Waals surface area contributed by atoms with Gasteiger partial charge in [0.25, 0.3) is 0 Å². The van der Waals surface area contributed by atoms with E-state index in [1.807, 2.05) is 24.3 Å². The SMILES string of the molecule is NCc1ccccc1CC(=O)Nc1ccc(O)c(Cl)c1. The molecule has 2 aromatic carbocycles. The average Bonchev–Trinajstić information content (AvgIpc) is 2.43. The van der Waals surface area contributed by atoms with E-state index in [0.29, 0.717) is 12.2 Å². The zero-order valence-electron chi connectivity index (χ0n) is 10.8. The minimum Gasteiger partial charge on any atom is -0.506 e. The van der Waals surface area contributed by atoms with Gasteiger partial charge in [-0.1, -0.05) is 35.9 Å². The fraction of sp³-hybridized carbons (Fsp3) is 0.133. The second kappa shape index (κ2) is 6.41. The fourth-order valence-electron chi connectivity index (χ4n) is 1.89. The molecule has 0 atom stereocenters. The van der Waals surface area contributed by atoms with Gasteiger partial charge in [-0.25, -0.2) is 0 Å². The summed E-state index contributed by atoms with van der Waals surface area (Å²) in [6, 6.07) is 12.1. The molecular weight excluding hydrogens is 276 g/mol. The zero-order chi connectivity index (χ0) is 14.5. The highest BCUT2D eigenvalue weighted by Crippen LogP contribution is 2.26. The third-order valence-corrected chi connectivity index (χ3v) is 3.22. The summed E-state index contributed by atoms with van der Waals surface area (Å²) in [7, 11) is 0. The number of nitrogens with two attached hydrogens (primary N) is 1. The van der Waals surface area contributed by atoms with Gasteiger partial charge >= 0.3 is 0 Å². The second-order valence-electron chi connectivity index (χ2n) is 4.36. The predicted molar refractivity (Wildman–Crippen MR) is 79.8 cm³/mol. The van der Waals surface area contributed by atoms with Crippen LogP contribution in [0.15, 0.2) is 42.5 Å². The van der Waals surface area contributed by atoms with Crippen LogP contribution in [-0.2, 0) is 17.8 Å². The second-order valence-corrected chi connectivity index (χ2v) is 4.77. The molecule has 0 radical (unpaired) electrons. The highest BCUT2D eigenvalue weighted by molar-refractivity contribution is 6.32. The molecule has 0 bridgehead atoms. The van der Waals surface area contributed by atoms with Crippen molar-refractivity contribution in [3.63, 3.8) is 0 Å². The molecule has 0 aliphatic carbocycles. The van der Waals surface area contributed by atoms with Gasteiger partial charge in [-0.15, -0.1) is 0 Å². The molecule has 2 aromatic rings. The van der Waals surface area contributed by atoms with Crippen LogP contribution in [0.1, 0.15) is 11.1 Å². The van der Waals surface area contributed by atoms with Crippen LogP contribution in [0.4, 0.5) is 5.69 Å². The molecule has 5 heteroatoms. The van der Waals surface area contributed by atoms with E-state index in [1.165, 1.54) is 12.1 Å². The molecule has 104 valence electrons. The molecule has 20 heavy (non-hydrogen) atoms. The summed E-state index contributed by atoms with van der Waals surface area (Å²) in [5.74, 6) is -0.175. The monoisotopic (exact) mass is 290 g/mol. The molecule has 2 rings (SSSR count). The Bertz CT molecular complexity index is 629. The molecule has 0 unspecified atom stereocenters. The number of aromatic hydroxyl groups is 1. The smallest absolute Gasteiger partial charge is 0.228 e. The third kappa shape index (κ3) is 3.50. The van der Waals surface area contributed by atoms with Crippen molar-refractivity contribution in [3.05, 3.63) is 58.6 Å². The number of carbonyl (C=O) groups is 1. The number of phenolic OH excluding ortho intramolecular Hbond substituents is 1. The number of amides is 1. The van der Waals surface area contributed by atoms with Crippen LogP contribution in [0, 0.1) is 0 Å². The predicted octanol–water partition coefficient (Wildman–Crippen LogP) is 2.69. The van der Waals surface area contributed by atoms with Crippen molar-refractivity contribution in [1.29, 1.82) is 0 Å².